The summed E-state index contributed by atoms with van der Waals surface area (Å²) in [6.07, 6.45) is -7.72. The third-order valence-corrected chi connectivity index (χ3v) is 3.50. The second-order valence-corrected chi connectivity index (χ2v) is 5.27. The van der Waals surface area contributed by atoms with Gasteiger partial charge < -0.3 is 0 Å². The fourth-order valence-electron chi connectivity index (χ4n) is 2.21. The molecule has 0 aliphatic rings. The monoisotopic (exact) mass is 378 g/mol. The van der Waals surface area contributed by atoms with Crippen LogP contribution in [-0.4, -0.2) is 12.6 Å². The van der Waals surface area contributed by atoms with Crippen LogP contribution in [0.15, 0.2) is 30.3 Å². The molecule has 0 aliphatic heterocycles. The van der Waals surface area contributed by atoms with Gasteiger partial charge in [-0.05, 0) is 35.4 Å². The maximum Gasteiger partial charge on any atom is 0.417 e. The van der Waals surface area contributed by atoms with Crippen molar-refractivity contribution in [2.45, 2.75) is 12.4 Å². The first-order valence-corrected chi connectivity index (χ1v) is 6.75. The summed E-state index contributed by atoms with van der Waals surface area (Å²) in [7, 11) is 0. The van der Waals surface area contributed by atoms with Crippen LogP contribution in [0.3, 0.4) is 0 Å². The van der Waals surface area contributed by atoms with E-state index in [9.17, 15) is 35.9 Å². The Labute approximate surface area is 142 Å². The standard InChI is InChI=1S/C16H5ClF6O2/c17-10-1-2-11(14(5-10)16(21,22)23)12-3-8(6-24)9(7-25)4-13(12)15(18,19)20/h1-5H. The molecule has 0 unspecified atom stereocenters. The molecule has 2 aromatic carbocycles. The lowest BCUT2D eigenvalue weighted by Gasteiger charge is -2.18. The van der Waals surface area contributed by atoms with Crippen LogP contribution in [0.4, 0.5) is 26.3 Å². The van der Waals surface area contributed by atoms with Gasteiger partial charge in [0.1, 0.15) is 0 Å². The third kappa shape index (κ3) is 3.84. The van der Waals surface area contributed by atoms with Crippen LogP contribution >= 0.6 is 11.6 Å². The zero-order chi connectivity index (χ0) is 19.0. The molecule has 0 N–H and O–H groups in total. The SMILES string of the molecule is O=[C]c1cc(-c2ccc(Cl)cc2C(F)(F)F)c(C(F)(F)F)cc1[C]=O. The van der Waals surface area contributed by atoms with Gasteiger partial charge >= 0.3 is 12.4 Å². The molecule has 0 aromatic heterocycles. The van der Waals surface area contributed by atoms with Crippen molar-refractivity contribution in [1.29, 1.82) is 0 Å². The largest absolute Gasteiger partial charge is 0.417 e. The Morgan fingerprint density at radius 3 is 1.68 bits per heavy atom. The molecule has 2 radical (unpaired) electrons. The molecule has 9 heteroatoms. The second-order valence-electron chi connectivity index (χ2n) is 4.83. The van der Waals surface area contributed by atoms with E-state index in [1.54, 1.807) is 0 Å². The molecule has 25 heavy (non-hydrogen) atoms. The minimum Gasteiger partial charge on any atom is -0.285 e. The van der Waals surface area contributed by atoms with Gasteiger partial charge in [-0.3, -0.25) is 9.59 Å². The topological polar surface area (TPSA) is 34.1 Å². The lowest BCUT2D eigenvalue weighted by molar-refractivity contribution is -0.139. The van der Waals surface area contributed by atoms with Crippen LogP contribution in [-0.2, 0) is 21.9 Å². The number of hydrogen-bond acceptors (Lipinski definition) is 2. The van der Waals surface area contributed by atoms with Crippen LogP contribution in [0.5, 0.6) is 0 Å². The van der Waals surface area contributed by atoms with Crippen molar-refractivity contribution in [3.63, 3.8) is 0 Å². The van der Waals surface area contributed by atoms with Gasteiger partial charge in [0.25, 0.3) is 0 Å². The van der Waals surface area contributed by atoms with Gasteiger partial charge in [0, 0.05) is 16.1 Å². The van der Waals surface area contributed by atoms with Gasteiger partial charge in [0.2, 0.25) is 12.6 Å². The average molecular weight is 379 g/mol. The molecule has 0 atom stereocenters. The number of benzene rings is 2. The van der Waals surface area contributed by atoms with E-state index in [0.717, 1.165) is 18.4 Å². The molecule has 0 heterocycles. The molecular weight excluding hydrogens is 374 g/mol. The number of hydrogen-bond donors (Lipinski definition) is 0. The number of alkyl halides is 6. The van der Waals surface area contributed by atoms with Crippen molar-refractivity contribution >= 4 is 24.2 Å². The van der Waals surface area contributed by atoms with Gasteiger partial charge in [-0.25, -0.2) is 0 Å². The maximum atomic E-state index is 13.3. The summed E-state index contributed by atoms with van der Waals surface area (Å²) >= 11 is 5.51. The van der Waals surface area contributed by atoms with E-state index in [1.807, 2.05) is 0 Å². The molecule has 2 nitrogen and oxygen atoms in total. The van der Waals surface area contributed by atoms with E-state index in [4.69, 9.17) is 11.6 Å². The lowest BCUT2D eigenvalue weighted by atomic mass is 9.91. The minimum atomic E-state index is -5.08. The molecule has 0 fully saturated rings. The van der Waals surface area contributed by atoms with E-state index in [2.05, 4.69) is 0 Å². The van der Waals surface area contributed by atoms with E-state index in [0.29, 0.717) is 12.1 Å². The van der Waals surface area contributed by atoms with E-state index in [1.165, 1.54) is 6.29 Å². The van der Waals surface area contributed by atoms with Crippen molar-refractivity contribution in [3.05, 3.63) is 57.6 Å². The Morgan fingerprint density at radius 1 is 0.720 bits per heavy atom. The Bertz CT molecular complexity index is 840. The van der Waals surface area contributed by atoms with E-state index < -0.39 is 45.7 Å². The number of halogens is 7. The summed E-state index contributed by atoms with van der Waals surface area (Å²) in [5.74, 6) is 0. The predicted octanol–water partition coefficient (Wildman–Crippen LogP) is 4.96. The van der Waals surface area contributed by atoms with Gasteiger partial charge in [-0.15, -0.1) is 0 Å². The summed E-state index contributed by atoms with van der Waals surface area (Å²) in [5, 5.41) is -0.329. The normalized spacial score (nSPS) is 12.1. The highest BCUT2D eigenvalue weighted by Gasteiger charge is 2.39. The molecule has 0 amide bonds. The van der Waals surface area contributed by atoms with Crippen LogP contribution in [0.1, 0.15) is 22.3 Å². The number of carbonyl (C=O) groups excluding carboxylic acids is 2. The molecule has 0 bridgehead atoms. The lowest BCUT2D eigenvalue weighted by Crippen LogP contribution is -2.13. The van der Waals surface area contributed by atoms with Crippen molar-refractivity contribution in [3.8, 4) is 11.1 Å². The zero-order valence-corrected chi connectivity index (χ0v) is 12.6. The van der Waals surface area contributed by atoms with Crippen molar-refractivity contribution < 1.29 is 35.9 Å². The molecule has 0 aliphatic carbocycles. The highest BCUT2D eigenvalue weighted by molar-refractivity contribution is 6.30. The van der Waals surface area contributed by atoms with Crippen molar-refractivity contribution in [2.75, 3.05) is 0 Å². The van der Waals surface area contributed by atoms with Crippen LogP contribution < -0.4 is 0 Å². The molecule has 0 saturated heterocycles. The molecule has 2 aromatic rings. The smallest absolute Gasteiger partial charge is 0.285 e. The maximum absolute atomic E-state index is 13.3. The van der Waals surface area contributed by atoms with Gasteiger partial charge in [-0.1, -0.05) is 17.7 Å². The Hall–Kier alpha value is -2.35. The second kappa shape index (κ2) is 6.51. The van der Waals surface area contributed by atoms with Crippen LogP contribution in [0.2, 0.25) is 5.02 Å². The Kier molecular flexibility index (Phi) is 4.94. The highest BCUT2D eigenvalue weighted by Crippen LogP contribution is 2.44. The molecule has 2 rings (SSSR count). The van der Waals surface area contributed by atoms with Crippen LogP contribution in [0, 0.1) is 0 Å². The average Bonchev–Trinajstić information content (AvgIpc) is 2.51. The molecular formula is C16H5ClF6O2. The van der Waals surface area contributed by atoms with Gasteiger partial charge in [0.15, 0.2) is 0 Å². The first-order chi connectivity index (χ1) is 11.5. The summed E-state index contributed by atoms with van der Waals surface area (Å²) in [5.41, 5.74) is -6.08. The van der Waals surface area contributed by atoms with Gasteiger partial charge in [0.05, 0.1) is 11.1 Å². The summed E-state index contributed by atoms with van der Waals surface area (Å²) < 4.78 is 79.3. The van der Waals surface area contributed by atoms with E-state index >= 15 is 0 Å². The van der Waals surface area contributed by atoms with Crippen molar-refractivity contribution in [1.82, 2.24) is 0 Å². The first kappa shape index (κ1) is 19.0. The summed E-state index contributed by atoms with van der Waals surface area (Å²) in [6.45, 7) is 0. The quantitative estimate of drug-likeness (QED) is 0.707. The zero-order valence-electron chi connectivity index (χ0n) is 11.8. The predicted molar refractivity (Wildman–Crippen MR) is 76.5 cm³/mol. The van der Waals surface area contributed by atoms with Gasteiger partial charge in [-0.2, -0.15) is 26.3 Å². The third-order valence-electron chi connectivity index (χ3n) is 3.26. The van der Waals surface area contributed by atoms with E-state index in [-0.39, 0.29) is 11.1 Å². The number of rotatable bonds is 3. The summed E-state index contributed by atoms with van der Waals surface area (Å²) in [4.78, 5) is 21.6. The highest BCUT2D eigenvalue weighted by atomic mass is 35.5. The molecule has 0 saturated carbocycles. The minimum absolute atomic E-state index is 0.261. The first-order valence-electron chi connectivity index (χ1n) is 6.37. The van der Waals surface area contributed by atoms with Crippen LogP contribution in [0.25, 0.3) is 11.1 Å². The fourth-order valence-corrected chi connectivity index (χ4v) is 2.38. The fraction of sp³-hybridized carbons (Fsp3) is 0.125. The summed E-state index contributed by atoms with van der Waals surface area (Å²) in [6, 6.07) is 3.00. The Balaban J connectivity index is 2.92. The van der Waals surface area contributed by atoms with Crippen molar-refractivity contribution in [2.24, 2.45) is 0 Å². The Morgan fingerprint density at radius 2 is 1.20 bits per heavy atom. The molecule has 0 spiro atoms. The molecule has 130 valence electrons.